The number of carbonyl (C=O) groups excluding carboxylic acids is 1. The van der Waals surface area contributed by atoms with E-state index in [1.54, 1.807) is 17.9 Å². The van der Waals surface area contributed by atoms with Gasteiger partial charge in [0.2, 0.25) is 0 Å². The van der Waals surface area contributed by atoms with Crippen molar-refractivity contribution >= 4 is 17.5 Å². The second-order valence-electron chi connectivity index (χ2n) is 3.91. The van der Waals surface area contributed by atoms with Gasteiger partial charge in [-0.05, 0) is 13.8 Å². The number of aromatic amines is 1. The lowest BCUT2D eigenvalue weighted by Crippen LogP contribution is -2.04. The number of fused-ring (bicyclic) bond motifs is 1. The molecule has 1 N–H and O–H groups in total. The zero-order chi connectivity index (χ0) is 12.7. The van der Waals surface area contributed by atoms with Crippen LogP contribution >= 0.6 is 0 Å². The summed E-state index contributed by atoms with van der Waals surface area (Å²) in [4.78, 5) is 26.3. The van der Waals surface area contributed by atoms with Crippen LogP contribution in [0.2, 0.25) is 0 Å². The predicted molar refractivity (Wildman–Crippen MR) is 63.7 cm³/mol. The van der Waals surface area contributed by atoms with Crippen molar-refractivity contribution in [3.63, 3.8) is 0 Å². The molecule has 0 aliphatic rings. The molecule has 0 spiro atoms. The van der Waals surface area contributed by atoms with Crippen molar-refractivity contribution in [1.29, 1.82) is 0 Å². The van der Waals surface area contributed by atoms with Crippen LogP contribution in [0.1, 0.15) is 21.7 Å². The summed E-state index contributed by atoms with van der Waals surface area (Å²) in [5.41, 5.74) is 3.27. The largest absolute Gasteiger partial charge is 0.340 e. The molecule has 90 valence electrons. The standard InChI is InChI=1S/C11H10N6O/c1-6-8(3-18)7(2)17(16-6)11-9-10(13-4-12-9)14-5-15-11/h3-5H,1-2H3,(H,12,13,14,15). The van der Waals surface area contributed by atoms with Crippen LogP contribution in [0.25, 0.3) is 17.0 Å². The quantitative estimate of drug-likeness (QED) is 0.676. The molecule has 0 amide bonds. The molecule has 0 aromatic carbocycles. The molecule has 0 bridgehead atoms. The number of hydrogen-bond acceptors (Lipinski definition) is 5. The van der Waals surface area contributed by atoms with Gasteiger partial charge in [-0.2, -0.15) is 5.10 Å². The summed E-state index contributed by atoms with van der Waals surface area (Å²) in [5.74, 6) is 0.589. The molecule has 0 saturated heterocycles. The minimum absolute atomic E-state index is 0.570. The van der Waals surface area contributed by atoms with E-state index in [1.165, 1.54) is 6.33 Å². The minimum Gasteiger partial charge on any atom is -0.340 e. The third-order valence-electron chi connectivity index (χ3n) is 2.87. The van der Waals surface area contributed by atoms with Crippen molar-refractivity contribution in [1.82, 2.24) is 29.7 Å². The topological polar surface area (TPSA) is 89.3 Å². The van der Waals surface area contributed by atoms with Gasteiger partial charge in [-0.25, -0.2) is 19.6 Å². The Bertz CT molecular complexity index is 741. The van der Waals surface area contributed by atoms with Crippen LogP contribution < -0.4 is 0 Å². The summed E-state index contributed by atoms with van der Waals surface area (Å²) in [6.07, 6.45) is 3.78. The van der Waals surface area contributed by atoms with E-state index in [9.17, 15) is 4.79 Å². The number of H-pyrrole nitrogens is 1. The molecule has 7 nitrogen and oxygen atoms in total. The monoisotopic (exact) mass is 242 g/mol. The van der Waals surface area contributed by atoms with Crippen molar-refractivity contribution in [3.05, 3.63) is 29.6 Å². The lowest BCUT2D eigenvalue weighted by atomic mass is 10.2. The Balaban J connectivity index is 2.33. The van der Waals surface area contributed by atoms with Crippen molar-refractivity contribution in [2.45, 2.75) is 13.8 Å². The van der Waals surface area contributed by atoms with Crippen molar-refractivity contribution < 1.29 is 4.79 Å². The Labute approximate surface area is 102 Å². The van der Waals surface area contributed by atoms with Crippen LogP contribution in [0.5, 0.6) is 0 Å². The molecule has 3 aromatic rings. The lowest BCUT2D eigenvalue weighted by Gasteiger charge is -2.03. The van der Waals surface area contributed by atoms with Crippen LogP contribution in [-0.2, 0) is 0 Å². The van der Waals surface area contributed by atoms with Gasteiger partial charge < -0.3 is 4.98 Å². The highest BCUT2D eigenvalue weighted by atomic mass is 16.1. The number of nitrogens with one attached hydrogen (secondary N) is 1. The van der Waals surface area contributed by atoms with Crippen LogP contribution in [0.3, 0.4) is 0 Å². The molecule has 0 radical (unpaired) electrons. The van der Waals surface area contributed by atoms with Gasteiger partial charge in [0, 0.05) is 0 Å². The molecule has 3 aromatic heterocycles. The van der Waals surface area contributed by atoms with Gasteiger partial charge >= 0.3 is 0 Å². The molecular weight excluding hydrogens is 232 g/mol. The lowest BCUT2D eigenvalue weighted by molar-refractivity contribution is 0.112. The molecule has 0 atom stereocenters. The average molecular weight is 242 g/mol. The number of carbonyl (C=O) groups is 1. The Morgan fingerprint density at radius 3 is 2.83 bits per heavy atom. The Kier molecular flexibility index (Phi) is 2.19. The second kappa shape index (κ2) is 3.73. The maximum atomic E-state index is 11.0. The van der Waals surface area contributed by atoms with Crippen molar-refractivity contribution in [2.75, 3.05) is 0 Å². The fraction of sp³-hybridized carbons (Fsp3) is 0.182. The van der Waals surface area contributed by atoms with Gasteiger partial charge in [-0.15, -0.1) is 0 Å². The first-order chi connectivity index (χ1) is 8.72. The molecule has 3 rings (SSSR count). The van der Waals surface area contributed by atoms with E-state index in [2.05, 4.69) is 25.0 Å². The highest BCUT2D eigenvalue weighted by Crippen LogP contribution is 2.19. The molecule has 0 saturated carbocycles. The number of nitrogens with zero attached hydrogens (tertiary/aromatic N) is 5. The second-order valence-corrected chi connectivity index (χ2v) is 3.91. The first kappa shape index (κ1) is 10.6. The third-order valence-corrected chi connectivity index (χ3v) is 2.87. The van der Waals surface area contributed by atoms with Gasteiger partial charge in [-0.3, -0.25) is 4.79 Å². The van der Waals surface area contributed by atoms with Crippen molar-refractivity contribution in [3.8, 4) is 5.82 Å². The molecular formula is C11H10N6O. The van der Waals surface area contributed by atoms with E-state index < -0.39 is 0 Å². The van der Waals surface area contributed by atoms with Crippen LogP contribution in [0, 0.1) is 13.8 Å². The van der Waals surface area contributed by atoms with Crippen LogP contribution in [0.15, 0.2) is 12.7 Å². The van der Waals surface area contributed by atoms with E-state index in [1.807, 2.05) is 6.92 Å². The van der Waals surface area contributed by atoms with E-state index in [0.29, 0.717) is 28.2 Å². The zero-order valence-electron chi connectivity index (χ0n) is 9.88. The van der Waals surface area contributed by atoms with Gasteiger partial charge in [0.1, 0.15) is 11.8 Å². The van der Waals surface area contributed by atoms with Gasteiger partial charge in [0.15, 0.2) is 17.8 Å². The van der Waals surface area contributed by atoms with E-state index in [4.69, 9.17) is 0 Å². The summed E-state index contributed by atoms with van der Waals surface area (Å²) in [6, 6.07) is 0. The molecule has 18 heavy (non-hydrogen) atoms. The first-order valence-electron chi connectivity index (χ1n) is 5.38. The van der Waals surface area contributed by atoms with Gasteiger partial charge in [-0.1, -0.05) is 0 Å². The smallest absolute Gasteiger partial charge is 0.182 e. The Hall–Kier alpha value is -2.57. The molecule has 0 unspecified atom stereocenters. The summed E-state index contributed by atoms with van der Waals surface area (Å²) in [7, 11) is 0. The number of aldehydes is 1. The molecule has 0 aliphatic heterocycles. The number of aryl methyl sites for hydroxylation is 1. The summed E-state index contributed by atoms with van der Waals surface area (Å²) < 4.78 is 1.63. The minimum atomic E-state index is 0.570. The molecule has 3 heterocycles. The van der Waals surface area contributed by atoms with E-state index >= 15 is 0 Å². The summed E-state index contributed by atoms with van der Waals surface area (Å²) in [5, 5.41) is 4.33. The van der Waals surface area contributed by atoms with Crippen LogP contribution in [0.4, 0.5) is 0 Å². The van der Waals surface area contributed by atoms with Gasteiger partial charge in [0.05, 0.1) is 23.3 Å². The first-order valence-corrected chi connectivity index (χ1v) is 5.38. The van der Waals surface area contributed by atoms with Crippen molar-refractivity contribution in [2.24, 2.45) is 0 Å². The predicted octanol–water partition coefficient (Wildman–Crippen LogP) is 0.968. The Morgan fingerprint density at radius 2 is 2.11 bits per heavy atom. The number of rotatable bonds is 2. The normalized spacial score (nSPS) is 11.0. The Morgan fingerprint density at radius 1 is 1.28 bits per heavy atom. The highest BCUT2D eigenvalue weighted by molar-refractivity contribution is 5.81. The third kappa shape index (κ3) is 1.33. The average Bonchev–Trinajstić information content (AvgIpc) is 2.94. The van der Waals surface area contributed by atoms with E-state index in [0.717, 1.165) is 12.0 Å². The maximum absolute atomic E-state index is 11.0. The number of hydrogen-bond donors (Lipinski definition) is 1. The van der Waals surface area contributed by atoms with E-state index in [-0.39, 0.29) is 0 Å². The SMILES string of the molecule is Cc1nn(-c2ncnc3nc[nH]c23)c(C)c1C=O. The number of aromatic nitrogens is 6. The molecule has 0 aliphatic carbocycles. The maximum Gasteiger partial charge on any atom is 0.182 e. The highest BCUT2D eigenvalue weighted by Gasteiger charge is 2.15. The summed E-state index contributed by atoms with van der Waals surface area (Å²) in [6.45, 7) is 3.62. The zero-order valence-corrected chi connectivity index (χ0v) is 9.88. The fourth-order valence-electron chi connectivity index (χ4n) is 1.94. The van der Waals surface area contributed by atoms with Gasteiger partial charge in [0.25, 0.3) is 0 Å². The summed E-state index contributed by atoms with van der Waals surface area (Å²) >= 11 is 0. The molecule has 7 heteroatoms. The fourth-order valence-corrected chi connectivity index (χ4v) is 1.94. The number of imidazole rings is 1. The molecule has 0 fully saturated rings. The van der Waals surface area contributed by atoms with Crippen LogP contribution in [-0.4, -0.2) is 36.0 Å².